The minimum atomic E-state index is -1.31. The minimum Gasteiger partial charge on any atom is -0.477 e. The smallest absolute Gasteiger partial charge is 0.341 e. The van der Waals surface area contributed by atoms with Gasteiger partial charge in [-0.05, 0) is 82.6 Å². The molecular weight excluding hydrogens is 829 g/mol. The summed E-state index contributed by atoms with van der Waals surface area (Å²) in [5, 5.41) is 30.4. The number of carbonyl (C=O) groups excluding carboxylic acids is 3. The Bertz CT molecular complexity index is 2980. The number of nitrogens with zero attached hydrogens (tertiary/aromatic N) is 8. The number of nitriles is 2. The first-order valence-electron chi connectivity index (χ1n) is 20.6. The van der Waals surface area contributed by atoms with Crippen molar-refractivity contribution in [3.05, 3.63) is 151 Å². The van der Waals surface area contributed by atoms with E-state index in [1.165, 1.54) is 22.9 Å². The topological polar surface area (TPSA) is 250 Å². The predicted octanol–water partition coefficient (Wildman–Crippen LogP) is 4.05. The molecular formula is C48H48N10O7. The normalized spacial score (nSPS) is 14.2. The van der Waals surface area contributed by atoms with E-state index in [0.717, 1.165) is 15.7 Å². The van der Waals surface area contributed by atoms with E-state index in [2.05, 4.69) is 43.0 Å². The van der Waals surface area contributed by atoms with Crippen molar-refractivity contribution in [2.24, 2.45) is 16.6 Å². The molecule has 0 bridgehead atoms. The third-order valence-electron chi connectivity index (χ3n) is 10.8. The van der Waals surface area contributed by atoms with Gasteiger partial charge in [0.2, 0.25) is 11.8 Å². The molecule has 6 aromatic rings. The van der Waals surface area contributed by atoms with E-state index < -0.39 is 23.0 Å². The number of aromatic carboxylic acids is 1. The van der Waals surface area contributed by atoms with Gasteiger partial charge in [0.1, 0.15) is 35.5 Å². The van der Waals surface area contributed by atoms with Gasteiger partial charge in [-0.15, -0.1) is 0 Å². The number of hydrogen-bond acceptors (Lipinski definition) is 11. The molecule has 0 saturated carbocycles. The van der Waals surface area contributed by atoms with Crippen LogP contribution in [0.3, 0.4) is 0 Å². The number of amides is 3. The van der Waals surface area contributed by atoms with Crippen LogP contribution in [0.5, 0.6) is 0 Å². The minimum absolute atomic E-state index is 0.0455. The Morgan fingerprint density at radius 1 is 0.677 bits per heavy atom. The molecule has 0 aliphatic carbocycles. The van der Waals surface area contributed by atoms with Crippen LogP contribution in [0.2, 0.25) is 0 Å². The number of carboxylic acids is 1. The highest BCUT2D eigenvalue weighted by Gasteiger charge is 2.38. The molecule has 6 heterocycles. The Balaban J connectivity index is 0.000000184. The molecule has 3 amide bonds. The molecule has 17 heteroatoms. The molecule has 8 rings (SSSR count). The van der Waals surface area contributed by atoms with Crippen LogP contribution in [0, 0.1) is 33.5 Å². The van der Waals surface area contributed by atoms with Crippen molar-refractivity contribution >= 4 is 45.8 Å². The maximum Gasteiger partial charge on any atom is 0.341 e. The molecule has 4 aromatic heterocycles. The number of nitrogens with two attached hydrogens (primary N) is 1. The zero-order chi connectivity index (χ0) is 47.1. The van der Waals surface area contributed by atoms with Gasteiger partial charge in [0.15, 0.2) is 0 Å². The van der Waals surface area contributed by atoms with E-state index in [1.54, 1.807) is 76.7 Å². The molecule has 0 spiro atoms. The lowest BCUT2D eigenvalue weighted by atomic mass is 9.84. The number of aromatic nitrogens is 4. The maximum atomic E-state index is 13.2. The summed E-state index contributed by atoms with van der Waals surface area (Å²) >= 11 is 0. The van der Waals surface area contributed by atoms with Crippen molar-refractivity contribution in [1.82, 2.24) is 34.2 Å². The third-order valence-corrected chi connectivity index (χ3v) is 10.8. The molecule has 0 radical (unpaired) electrons. The quantitative estimate of drug-likeness (QED) is 0.186. The van der Waals surface area contributed by atoms with Crippen LogP contribution >= 0.6 is 0 Å². The second kappa shape index (κ2) is 19.6. The van der Waals surface area contributed by atoms with E-state index in [1.807, 2.05) is 24.3 Å². The molecule has 332 valence electrons. The number of nitrogens with one attached hydrogen (secondary N) is 1. The predicted molar refractivity (Wildman–Crippen MR) is 241 cm³/mol. The Hall–Kier alpha value is -8.02. The van der Waals surface area contributed by atoms with Gasteiger partial charge in [-0.1, -0.05) is 52.0 Å². The Labute approximate surface area is 374 Å². The van der Waals surface area contributed by atoms with Gasteiger partial charge >= 0.3 is 5.97 Å². The fourth-order valence-corrected chi connectivity index (χ4v) is 7.51. The summed E-state index contributed by atoms with van der Waals surface area (Å²) in [6.45, 7) is 11.2. The van der Waals surface area contributed by atoms with Crippen LogP contribution in [0.15, 0.2) is 107 Å². The monoisotopic (exact) mass is 876 g/mol. The van der Waals surface area contributed by atoms with E-state index in [0.29, 0.717) is 65.9 Å². The molecule has 2 aliphatic rings. The summed E-state index contributed by atoms with van der Waals surface area (Å²) in [4.78, 5) is 86.5. The van der Waals surface area contributed by atoms with Crippen molar-refractivity contribution in [3.8, 4) is 12.1 Å². The molecule has 2 saturated heterocycles. The van der Waals surface area contributed by atoms with Gasteiger partial charge in [-0.2, -0.15) is 10.5 Å². The lowest BCUT2D eigenvalue weighted by Crippen LogP contribution is -2.56. The summed E-state index contributed by atoms with van der Waals surface area (Å²) in [5.74, 6) is -2.22. The van der Waals surface area contributed by atoms with Crippen LogP contribution in [0.1, 0.15) is 70.7 Å². The number of rotatable bonds is 9. The highest BCUT2D eigenvalue weighted by atomic mass is 16.4. The first kappa shape index (κ1) is 46.5. The largest absolute Gasteiger partial charge is 0.477 e. The average molecular weight is 877 g/mol. The molecule has 4 N–H and O–H groups in total. The fraction of sp³-hybridized carbons (Fsp3) is 0.292. The maximum absolute atomic E-state index is 13.2. The Morgan fingerprint density at radius 3 is 1.49 bits per heavy atom. The van der Waals surface area contributed by atoms with Crippen molar-refractivity contribution in [1.29, 1.82) is 10.5 Å². The summed E-state index contributed by atoms with van der Waals surface area (Å²) in [6, 6.07) is 27.8. The lowest BCUT2D eigenvalue weighted by molar-refractivity contribution is -0.142. The number of pyridine rings is 4. The number of carbonyl (C=O) groups is 4. The third kappa shape index (κ3) is 11.1. The van der Waals surface area contributed by atoms with Crippen molar-refractivity contribution < 1.29 is 24.3 Å². The summed E-state index contributed by atoms with van der Waals surface area (Å²) < 4.78 is 2.42. The fourth-order valence-electron chi connectivity index (χ4n) is 7.51. The highest BCUT2D eigenvalue weighted by molar-refractivity contribution is 5.97. The molecule has 0 unspecified atom stereocenters. The lowest BCUT2D eigenvalue weighted by Gasteiger charge is -2.45. The zero-order valence-corrected chi connectivity index (χ0v) is 36.4. The molecule has 2 aromatic carbocycles. The van der Waals surface area contributed by atoms with Crippen molar-refractivity contribution in [2.45, 2.75) is 53.9 Å². The van der Waals surface area contributed by atoms with Crippen LogP contribution in [0.25, 0.3) is 22.1 Å². The van der Waals surface area contributed by atoms with E-state index in [4.69, 9.17) is 16.3 Å². The van der Waals surface area contributed by atoms with Crippen LogP contribution in [-0.2, 0) is 35.8 Å². The van der Waals surface area contributed by atoms with E-state index >= 15 is 0 Å². The Morgan fingerprint density at radius 2 is 1.09 bits per heavy atom. The van der Waals surface area contributed by atoms with Gasteiger partial charge in [0.05, 0.1) is 23.3 Å². The molecule has 2 fully saturated rings. The molecule has 0 atom stereocenters. The van der Waals surface area contributed by atoms with Crippen molar-refractivity contribution in [2.75, 3.05) is 26.2 Å². The van der Waals surface area contributed by atoms with Gasteiger partial charge in [0.25, 0.3) is 17.0 Å². The number of hydrogen-bond donors (Lipinski definition) is 3. The molecule has 2 aliphatic heterocycles. The first-order valence-corrected chi connectivity index (χ1v) is 20.6. The Kier molecular flexibility index (Phi) is 14.0. The van der Waals surface area contributed by atoms with Crippen LogP contribution < -0.4 is 22.2 Å². The van der Waals surface area contributed by atoms with Crippen molar-refractivity contribution in [3.63, 3.8) is 0 Å². The van der Waals surface area contributed by atoms with E-state index in [9.17, 15) is 33.9 Å². The van der Waals surface area contributed by atoms with Gasteiger partial charge in [-0.25, -0.2) is 14.8 Å². The SMILES string of the molecule is CC1(C)CN(C(=O)Cn2c(=O)c(C(=O)NCc3ccc(C#N)cc3)cc3cccnc32)C1.CC1(C)CN(C(=O)Cn2c(=O)c(C(=O)O)cc3cccnc32)C1.N#Cc1ccc(CN)cc1. The van der Waals surface area contributed by atoms with Gasteiger partial charge < -0.3 is 26.0 Å². The van der Waals surface area contributed by atoms with Gasteiger partial charge in [-0.3, -0.25) is 33.1 Å². The highest BCUT2D eigenvalue weighted by Crippen LogP contribution is 2.30. The second-order valence-corrected chi connectivity index (χ2v) is 17.4. The molecule has 17 nitrogen and oxygen atoms in total. The second-order valence-electron chi connectivity index (χ2n) is 17.4. The van der Waals surface area contributed by atoms with E-state index in [-0.39, 0.29) is 53.4 Å². The van der Waals surface area contributed by atoms with Crippen LogP contribution in [0.4, 0.5) is 0 Å². The average Bonchev–Trinajstić information content (AvgIpc) is 3.28. The van der Waals surface area contributed by atoms with Gasteiger partial charge in [0, 0.05) is 62.4 Å². The van der Waals surface area contributed by atoms with Crippen LogP contribution in [-0.4, -0.2) is 83.9 Å². The zero-order valence-electron chi connectivity index (χ0n) is 36.4. The number of likely N-dealkylation sites (tertiary alicyclic amines) is 2. The summed E-state index contributed by atoms with van der Waals surface area (Å²) in [5.41, 5.74) is 7.60. The standard InChI is InChI=1S/C24H23N5O3.C16H17N3O4.C8H8N2/c1-24(2)14-28(15-24)20(30)13-29-21-18(4-3-9-26-21)10-19(23(29)32)22(31)27-12-17-7-5-16(11-25)6-8-17;1-16(2)8-18(9-16)12(20)7-19-13-10(4-3-5-17-13)6-11(14(19)21)15(22)23;9-5-7-1-2-8(6-10)4-3-7/h3-10H,12-15H2,1-2H3,(H,27,31);3-6H,7-9H2,1-2H3,(H,22,23);1-4H,5,9H2. The molecule has 65 heavy (non-hydrogen) atoms. The summed E-state index contributed by atoms with van der Waals surface area (Å²) in [6.07, 6.45) is 3.07. The summed E-state index contributed by atoms with van der Waals surface area (Å²) in [7, 11) is 0. The number of carboxylic acid groups (broad SMARTS) is 1. The number of fused-ring (bicyclic) bond motifs is 2. The first-order chi connectivity index (χ1) is 30.9. The number of benzene rings is 2.